The van der Waals surface area contributed by atoms with Gasteiger partial charge in [-0.15, -0.1) is 0 Å². The molecule has 0 spiro atoms. The van der Waals surface area contributed by atoms with Crippen LogP contribution in [0.15, 0.2) is 96.3 Å². The molecule has 190 valence electrons. The van der Waals surface area contributed by atoms with Crippen molar-refractivity contribution in [3.63, 3.8) is 0 Å². The molecule has 0 saturated heterocycles. The predicted molar refractivity (Wildman–Crippen MR) is 142 cm³/mol. The summed E-state index contributed by atoms with van der Waals surface area (Å²) in [6, 6.07) is 24.7. The summed E-state index contributed by atoms with van der Waals surface area (Å²) in [4.78, 5) is 45.7. The molecule has 0 bridgehead atoms. The van der Waals surface area contributed by atoms with Gasteiger partial charge in [-0.3, -0.25) is 14.4 Å². The third-order valence-electron chi connectivity index (χ3n) is 6.26. The van der Waals surface area contributed by atoms with Crippen molar-refractivity contribution in [2.45, 2.75) is 0 Å². The second-order valence-corrected chi connectivity index (χ2v) is 8.55. The molecular weight excluding hydrogens is 470 g/mol. The van der Waals surface area contributed by atoms with Crippen LogP contribution in [0.4, 0.5) is 11.4 Å². The van der Waals surface area contributed by atoms with Gasteiger partial charge in [0.15, 0.2) is 0 Å². The van der Waals surface area contributed by atoms with E-state index in [1.54, 1.807) is 58.3 Å². The maximum atomic E-state index is 13.8. The standard InChI is InChI=1S/C29H29N3O5/c1-30(25(35)20-31(16-18-33)21-10-4-2-5-11-21)26-27(32(17-19-34)22-12-6-3-7-13-22)29(37)24-15-9-8-14-23(24)28(26)36/h2-15,33-34H,16-20H2,1H3. The highest BCUT2D eigenvalue weighted by Gasteiger charge is 2.39. The fourth-order valence-corrected chi connectivity index (χ4v) is 4.44. The quantitative estimate of drug-likeness (QED) is 0.442. The van der Waals surface area contributed by atoms with Gasteiger partial charge in [-0.25, -0.2) is 0 Å². The molecule has 0 radical (unpaired) electrons. The van der Waals surface area contributed by atoms with E-state index in [-0.39, 0.29) is 55.4 Å². The summed E-state index contributed by atoms with van der Waals surface area (Å²) in [5.74, 6) is -1.28. The summed E-state index contributed by atoms with van der Waals surface area (Å²) < 4.78 is 0. The van der Waals surface area contributed by atoms with Gasteiger partial charge in [0.25, 0.3) is 0 Å². The zero-order chi connectivity index (χ0) is 26.4. The molecule has 8 heteroatoms. The maximum absolute atomic E-state index is 13.8. The number of hydrogen-bond acceptors (Lipinski definition) is 7. The van der Waals surface area contributed by atoms with Crippen LogP contribution in [0.5, 0.6) is 0 Å². The smallest absolute Gasteiger partial charge is 0.246 e. The first-order chi connectivity index (χ1) is 18.0. The van der Waals surface area contributed by atoms with Gasteiger partial charge in [0, 0.05) is 42.6 Å². The summed E-state index contributed by atoms with van der Waals surface area (Å²) in [6.45, 7) is -0.293. The van der Waals surface area contributed by atoms with Crippen LogP contribution < -0.4 is 9.80 Å². The largest absolute Gasteiger partial charge is 0.395 e. The van der Waals surface area contributed by atoms with E-state index < -0.39 is 17.5 Å². The molecule has 8 nitrogen and oxygen atoms in total. The fourth-order valence-electron chi connectivity index (χ4n) is 4.44. The van der Waals surface area contributed by atoms with Crippen LogP contribution in [0.1, 0.15) is 20.7 Å². The number of anilines is 2. The second-order valence-electron chi connectivity index (χ2n) is 8.55. The second kappa shape index (κ2) is 11.6. The number of likely N-dealkylation sites (N-methyl/N-ethyl adjacent to an activating group) is 1. The Balaban J connectivity index is 1.80. The number of hydrogen-bond donors (Lipinski definition) is 2. The average molecular weight is 500 g/mol. The molecule has 2 N–H and O–H groups in total. The van der Waals surface area contributed by atoms with E-state index in [0.717, 1.165) is 5.69 Å². The van der Waals surface area contributed by atoms with E-state index >= 15 is 0 Å². The van der Waals surface area contributed by atoms with Crippen LogP contribution in [-0.4, -0.2) is 72.5 Å². The van der Waals surface area contributed by atoms with E-state index in [4.69, 9.17) is 0 Å². The Morgan fingerprint density at radius 1 is 0.676 bits per heavy atom. The number of aliphatic hydroxyl groups excluding tert-OH is 2. The molecule has 0 fully saturated rings. The van der Waals surface area contributed by atoms with Crippen molar-refractivity contribution in [2.75, 3.05) is 49.7 Å². The van der Waals surface area contributed by atoms with Crippen LogP contribution in [0.25, 0.3) is 0 Å². The number of carbonyl (C=O) groups excluding carboxylic acids is 3. The highest BCUT2D eigenvalue weighted by atomic mass is 16.3. The molecule has 0 unspecified atom stereocenters. The number of rotatable bonds is 10. The molecule has 4 rings (SSSR count). The number of amides is 1. The number of para-hydroxylation sites is 2. The molecule has 0 heterocycles. The number of ketones is 2. The molecule has 0 aromatic heterocycles. The van der Waals surface area contributed by atoms with Gasteiger partial charge in [0.2, 0.25) is 17.5 Å². The minimum absolute atomic E-state index is 0.0354. The van der Waals surface area contributed by atoms with Crippen LogP contribution in [-0.2, 0) is 4.79 Å². The van der Waals surface area contributed by atoms with Gasteiger partial charge in [-0.2, -0.15) is 0 Å². The lowest BCUT2D eigenvalue weighted by molar-refractivity contribution is -0.126. The lowest BCUT2D eigenvalue weighted by Gasteiger charge is -2.34. The van der Waals surface area contributed by atoms with E-state index in [9.17, 15) is 24.6 Å². The molecular formula is C29H29N3O5. The number of carbonyl (C=O) groups is 3. The summed E-state index contributed by atoms with van der Waals surface area (Å²) in [5.41, 5.74) is 1.80. The van der Waals surface area contributed by atoms with Crippen molar-refractivity contribution >= 4 is 28.8 Å². The molecule has 1 aliphatic carbocycles. The molecule has 1 amide bonds. The molecule has 0 saturated carbocycles. The lowest BCUT2D eigenvalue weighted by Crippen LogP contribution is -2.45. The average Bonchev–Trinajstić information content (AvgIpc) is 2.94. The minimum Gasteiger partial charge on any atom is -0.395 e. The maximum Gasteiger partial charge on any atom is 0.246 e. The zero-order valence-electron chi connectivity index (χ0n) is 20.6. The first-order valence-electron chi connectivity index (χ1n) is 12.0. The van der Waals surface area contributed by atoms with Crippen molar-refractivity contribution in [3.8, 4) is 0 Å². The molecule has 0 aliphatic heterocycles. The van der Waals surface area contributed by atoms with E-state index in [0.29, 0.717) is 5.69 Å². The van der Waals surface area contributed by atoms with Gasteiger partial charge in [-0.05, 0) is 24.3 Å². The Labute approximate surface area is 215 Å². The monoisotopic (exact) mass is 499 g/mol. The van der Waals surface area contributed by atoms with E-state index in [1.165, 1.54) is 11.9 Å². The summed E-state index contributed by atoms with van der Waals surface area (Å²) >= 11 is 0. The van der Waals surface area contributed by atoms with Crippen LogP contribution in [0, 0.1) is 0 Å². The van der Waals surface area contributed by atoms with Crippen LogP contribution in [0.3, 0.4) is 0 Å². The zero-order valence-corrected chi connectivity index (χ0v) is 20.6. The normalized spacial score (nSPS) is 12.8. The number of nitrogens with zero attached hydrogens (tertiary/aromatic N) is 3. The number of allylic oxidation sites excluding steroid dienone is 2. The predicted octanol–water partition coefficient (Wildman–Crippen LogP) is 2.73. The highest BCUT2D eigenvalue weighted by molar-refractivity contribution is 6.28. The summed E-state index contributed by atoms with van der Waals surface area (Å²) in [7, 11) is 1.47. The molecule has 1 aliphatic rings. The molecule has 3 aromatic carbocycles. The molecule has 37 heavy (non-hydrogen) atoms. The highest BCUT2D eigenvalue weighted by Crippen LogP contribution is 2.33. The fraction of sp³-hybridized carbons (Fsp3) is 0.207. The topological polar surface area (TPSA) is 101 Å². The van der Waals surface area contributed by atoms with Crippen molar-refractivity contribution in [1.82, 2.24) is 4.90 Å². The molecule has 3 aromatic rings. The number of Topliss-reactive ketones (excluding diaryl/α,β-unsaturated/α-hetero) is 2. The van der Waals surface area contributed by atoms with Crippen LogP contribution >= 0.6 is 0 Å². The lowest BCUT2D eigenvalue weighted by atomic mass is 9.88. The van der Waals surface area contributed by atoms with Gasteiger partial charge in [-0.1, -0.05) is 60.7 Å². The molecule has 0 atom stereocenters. The van der Waals surface area contributed by atoms with Crippen molar-refractivity contribution < 1.29 is 24.6 Å². The van der Waals surface area contributed by atoms with Gasteiger partial charge in [0.05, 0.1) is 19.8 Å². The third kappa shape index (κ3) is 5.30. The van der Waals surface area contributed by atoms with Crippen LogP contribution in [0.2, 0.25) is 0 Å². The van der Waals surface area contributed by atoms with Crippen molar-refractivity contribution in [1.29, 1.82) is 0 Å². The van der Waals surface area contributed by atoms with Gasteiger partial charge < -0.3 is 24.9 Å². The summed E-state index contributed by atoms with van der Waals surface area (Å²) in [5, 5.41) is 19.4. The number of fused-ring (bicyclic) bond motifs is 1. The SMILES string of the molecule is CN(C(=O)CN(CCO)c1ccccc1)C1=C(N(CCO)c2ccccc2)C(=O)c2ccccc2C1=O. The van der Waals surface area contributed by atoms with Crippen molar-refractivity contribution in [3.05, 3.63) is 107 Å². The minimum atomic E-state index is -0.451. The Morgan fingerprint density at radius 2 is 1.16 bits per heavy atom. The van der Waals surface area contributed by atoms with Gasteiger partial charge in [0.1, 0.15) is 11.4 Å². The number of aliphatic hydroxyl groups is 2. The van der Waals surface area contributed by atoms with E-state index in [1.807, 2.05) is 36.4 Å². The summed E-state index contributed by atoms with van der Waals surface area (Å²) in [6.07, 6.45) is 0. The van der Waals surface area contributed by atoms with Gasteiger partial charge >= 0.3 is 0 Å². The van der Waals surface area contributed by atoms with Crippen molar-refractivity contribution in [2.24, 2.45) is 0 Å². The Morgan fingerprint density at radius 3 is 1.70 bits per heavy atom. The first-order valence-corrected chi connectivity index (χ1v) is 12.0. The Bertz CT molecular complexity index is 1310. The number of benzene rings is 3. The third-order valence-corrected chi connectivity index (χ3v) is 6.26. The Kier molecular flexibility index (Phi) is 8.12. The first kappa shape index (κ1) is 25.8. The van der Waals surface area contributed by atoms with E-state index in [2.05, 4.69) is 0 Å². The Hall–Kier alpha value is -4.27.